The summed E-state index contributed by atoms with van der Waals surface area (Å²) in [5, 5.41) is 4.27. The lowest BCUT2D eigenvalue weighted by molar-refractivity contribution is 0.565. The lowest BCUT2D eigenvalue weighted by Crippen LogP contribution is -2.29. The van der Waals surface area contributed by atoms with Crippen LogP contribution in [0, 0.1) is 13.8 Å². The molecule has 2 aromatic carbocycles. The average molecular weight is 425 g/mol. The van der Waals surface area contributed by atoms with E-state index in [9.17, 15) is 0 Å². The van der Waals surface area contributed by atoms with Crippen molar-refractivity contribution in [2.45, 2.75) is 25.9 Å². The predicted molar refractivity (Wildman–Crippen MR) is 130 cm³/mol. The first-order valence-corrected chi connectivity index (χ1v) is 10.9. The normalized spacial score (nSPS) is 18.3. The van der Waals surface area contributed by atoms with E-state index in [1.807, 2.05) is 30.5 Å². The number of hydrogen-bond acceptors (Lipinski definition) is 2. The minimum atomic E-state index is -0.0429. The van der Waals surface area contributed by atoms with Crippen LogP contribution in [-0.2, 0) is 0 Å². The Kier molecular flexibility index (Phi) is 5.04. The van der Waals surface area contributed by atoms with Crippen LogP contribution in [0.4, 0.5) is 5.69 Å². The van der Waals surface area contributed by atoms with E-state index in [1.54, 1.807) is 0 Å². The predicted octanol–water partition coefficient (Wildman–Crippen LogP) is 5.67. The fourth-order valence-corrected chi connectivity index (χ4v) is 4.94. The van der Waals surface area contributed by atoms with Crippen molar-refractivity contribution in [3.63, 3.8) is 0 Å². The third-order valence-corrected chi connectivity index (χ3v) is 6.25. The summed E-state index contributed by atoms with van der Waals surface area (Å²) < 4.78 is 2.31. The number of hydrogen-bond donors (Lipinski definition) is 1. The summed E-state index contributed by atoms with van der Waals surface area (Å²) >= 11 is 5.83. The molecule has 0 aliphatic carbocycles. The van der Waals surface area contributed by atoms with E-state index in [2.05, 4.69) is 94.3 Å². The number of para-hydroxylation sites is 2. The van der Waals surface area contributed by atoms with Crippen LogP contribution in [0.25, 0.3) is 5.69 Å². The van der Waals surface area contributed by atoms with Crippen LogP contribution in [-0.4, -0.2) is 14.7 Å². The molecule has 0 amide bonds. The fourth-order valence-electron chi connectivity index (χ4n) is 4.60. The molecule has 5 rings (SSSR count). The van der Waals surface area contributed by atoms with Crippen molar-refractivity contribution in [1.82, 2.24) is 14.9 Å². The minimum Gasteiger partial charge on any atom is -0.351 e. The maximum Gasteiger partial charge on any atom is 0.174 e. The van der Waals surface area contributed by atoms with Crippen LogP contribution in [0.5, 0.6) is 0 Å². The Labute approximate surface area is 188 Å². The zero-order valence-corrected chi connectivity index (χ0v) is 18.4. The van der Waals surface area contributed by atoms with Gasteiger partial charge in [0.05, 0.1) is 17.8 Å². The second kappa shape index (κ2) is 8.00. The Morgan fingerprint density at radius 1 is 0.839 bits per heavy atom. The molecule has 154 valence electrons. The number of thiocarbonyl (C=S) groups is 1. The van der Waals surface area contributed by atoms with Crippen molar-refractivity contribution in [3.8, 4) is 5.69 Å². The number of aromatic nitrogens is 2. The summed E-state index contributed by atoms with van der Waals surface area (Å²) in [5.41, 5.74) is 6.88. The van der Waals surface area contributed by atoms with Gasteiger partial charge in [-0.05, 0) is 74.1 Å². The van der Waals surface area contributed by atoms with E-state index < -0.39 is 0 Å². The Bertz CT molecular complexity index is 1200. The van der Waals surface area contributed by atoms with Gasteiger partial charge < -0.3 is 14.8 Å². The zero-order chi connectivity index (χ0) is 21.4. The second-order valence-corrected chi connectivity index (χ2v) is 8.22. The van der Waals surface area contributed by atoms with E-state index in [0.29, 0.717) is 0 Å². The number of aryl methyl sites for hydroxylation is 1. The topological polar surface area (TPSA) is 33.1 Å². The molecule has 0 unspecified atom stereocenters. The van der Waals surface area contributed by atoms with Gasteiger partial charge in [0.25, 0.3) is 0 Å². The summed E-state index contributed by atoms with van der Waals surface area (Å²) in [5.74, 6) is 0. The van der Waals surface area contributed by atoms with E-state index in [4.69, 9.17) is 12.2 Å². The number of benzene rings is 2. The fraction of sp³-hybridized carbons (Fsp3) is 0.154. The number of nitrogens with one attached hydrogen (secondary N) is 1. The SMILES string of the molecule is Cc1cc([C@H]2[C@H](c3ccccn3)NC(=S)N2c2ccccc2)c(C)n1-c1ccccc1. The van der Waals surface area contributed by atoms with E-state index in [0.717, 1.165) is 22.2 Å². The van der Waals surface area contributed by atoms with Crippen LogP contribution in [0.3, 0.4) is 0 Å². The van der Waals surface area contributed by atoms with Gasteiger partial charge in [0.15, 0.2) is 5.11 Å². The number of pyridine rings is 1. The van der Waals surface area contributed by atoms with Gasteiger partial charge in [-0.1, -0.05) is 42.5 Å². The van der Waals surface area contributed by atoms with Gasteiger partial charge in [0, 0.05) is 29.0 Å². The molecule has 1 aliphatic heterocycles. The summed E-state index contributed by atoms with van der Waals surface area (Å²) in [6.45, 7) is 4.35. The molecule has 2 atom stereocenters. The second-order valence-electron chi connectivity index (χ2n) is 7.83. The van der Waals surface area contributed by atoms with Crippen molar-refractivity contribution in [1.29, 1.82) is 0 Å². The van der Waals surface area contributed by atoms with Gasteiger partial charge >= 0.3 is 0 Å². The number of nitrogens with zero attached hydrogens (tertiary/aromatic N) is 3. The molecule has 1 N–H and O–H groups in total. The van der Waals surface area contributed by atoms with Gasteiger partial charge in [-0.3, -0.25) is 4.98 Å². The summed E-state index contributed by atoms with van der Waals surface area (Å²) in [4.78, 5) is 6.89. The van der Waals surface area contributed by atoms with Crippen LogP contribution in [0.2, 0.25) is 0 Å². The van der Waals surface area contributed by atoms with Gasteiger partial charge in [0.2, 0.25) is 0 Å². The lowest BCUT2D eigenvalue weighted by atomic mass is 9.96. The third-order valence-electron chi connectivity index (χ3n) is 5.94. The first-order valence-electron chi connectivity index (χ1n) is 10.4. The first-order chi connectivity index (χ1) is 15.1. The van der Waals surface area contributed by atoms with Crippen LogP contribution < -0.4 is 10.2 Å². The van der Waals surface area contributed by atoms with Gasteiger partial charge in [-0.15, -0.1) is 0 Å². The smallest absolute Gasteiger partial charge is 0.174 e. The third kappa shape index (κ3) is 3.41. The number of anilines is 1. The van der Waals surface area contributed by atoms with Crippen LogP contribution in [0.1, 0.15) is 34.7 Å². The van der Waals surface area contributed by atoms with Crippen molar-refractivity contribution in [3.05, 3.63) is 114 Å². The molecule has 0 bridgehead atoms. The van der Waals surface area contributed by atoms with Crippen LogP contribution in [0.15, 0.2) is 91.1 Å². The van der Waals surface area contributed by atoms with E-state index >= 15 is 0 Å². The zero-order valence-electron chi connectivity index (χ0n) is 17.6. The van der Waals surface area contributed by atoms with E-state index in [-0.39, 0.29) is 12.1 Å². The molecule has 1 aliphatic rings. The average Bonchev–Trinajstić information content (AvgIpc) is 3.30. The highest BCUT2D eigenvalue weighted by molar-refractivity contribution is 7.80. The maximum atomic E-state index is 5.83. The quantitative estimate of drug-likeness (QED) is 0.428. The lowest BCUT2D eigenvalue weighted by Gasteiger charge is -2.28. The molecule has 0 saturated carbocycles. The maximum absolute atomic E-state index is 5.83. The van der Waals surface area contributed by atoms with Crippen molar-refractivity contribution >= 4 is 23.0 Å². The number of rotatable bonds is 4. The van der Waals surface area contributed by atoms with E-state index in [1.165, 1.54) is 17.0 Å². The molecular formula is C26H24N4S. The summed E-state index contributed by atoms with van der Waals surface area (Å²) in [7, 11) is 0. The molecule has 1 saturated heterocycles. The summed E-state index contributed by atoms with van der Waals surface area (Å²) in [6.07, 6.45) is 1.84. The molecular weight excluding hydrogens is 400 g/mol. The Hall–Kier alpha value is -3.44. The van der Waals surface area contributed by atoms with Gasteiger partial charge in [0.1, 0.15) is 0 Å². The molecule has 3 heterocycles. The minimum absolute atomic E-state index is 0.00605. The molecule has 2 aromatic heterocycles. The van der Waals surface area contributed by atoms with Gasteiger partial charge in [-0.25, -0.2) is 0 Å². The molecule has 5 heteroatoms. The standard InChI is InChI=1S/C26H24N4S/c1-18-17-22(19(2)29(18)20-11-5-3-6-12-20)25-24(23-15-9-10-16-27-23)28-26(31)30(25)21-13-7-4-8-14-21/h3-17,24-25H,1-2H3,(H,28,31)/t24-,25-/m0/s1. The Morgan fingerprint density at radius 3 is 2.13 bits per heavy atom. The molecule has 1 fully saturated rings. The molecule has 0 radical (unpaired) electrons. The van der Waals surface area contributed by atoms with Crippen molar-refractivity contribution in [2.75, 3.05) is 4.90 Å². The summed E-state index contributed by atoms with van der Waals surface area (Å²) in [6, 6.07) is 29.1. The molecule has 4 aromatic rings. The van der Waals surface area contributed by atoms with Crippen molar-refractivity contribution in [2.24, 2.45) is 0 Å². The van der Waals surface area contributed by atoms with Crippen molar-refractivity contribution < 1.29 is 0 Å². The Balaban J connectivity index is 1.68. The van der Waals surface area contributed by atoms with Crippen LogP contribution >= 0.6 is 12.2 Å². The highest BCUT2D eigenvalue weighted by atomic mass is 32.1. The highest BCUT2D eigenvalue weighted by Gasteiger charge is 2.42. The highest BCUT2D eigenvalue weighted by Crippen LogP contribution is 2.43. The Morgan fingerprint density at radius 2 is 1.48 bits per heavy atom. The molecule has 0 spiro atoms. The molecule has 31 heavy (non-hydrogen) atoms. The van der Waals surface area contributed by atoms with Gasteiger partial charge in [-0.2, -0.15) is 0 Å². The first kappa shape index (κ1) is 19.5. The monoisotopic (exact) mass is 424 g/mol. The largest absolute Gasteiger partial charge is 0.351 e. The molecule has 4 nitrogen and oxygen atoms in total.